The van der Waals surface area contributed by atoms with Crippen LogP contribution in [0.1, 0.15) is 52.9 Å². The van der Waals surface area contributed by atoms with Crippen LogP contribution in [0.15, 0.2) is 0 Å². The van der Waals surface area contributed by atoms with Crippen LogP contribution in [0, 0.1) is 17.3 Å². The smallest absolute Gasteiger partial charge is 0.0471 e. The van der Waals surface area contributed by atoms with Gasteiger partial charge in [-0.25, -0.2) is 0 Å². The van der Waals surface area contributed by atoms with Crippen LogP contribution < -0.4 is 5.32 Å². The molecule has 1 N–H and O–H groups in total. The first-order valence-electron chi connectivity index (χ1n) is 7.40. The van der Waals surface area contributed by atoms with Gasteiger partial charge in [-0.15, -0.1) is 0 Å². The molecule has 0 bridgehead atoms. The van der Waals surface area contributed by atoms with Crippen molar-refractivity contribution in [1.29, 1.82) is 0 Å². The molecule has 1 saturated heterocycles. The third-order valence-corrected chi connectivity index (χ3v) is 4.95. The molecule has 2 aliphatic rings. The molecule has 0 aromatic rings. The normalized spacial score (nSPS) is 37.9. The van der Waals surface area contributed by atoms with Gasteiger partial charge in [0.05, 0.1) is 0 Å². The number of hydrogen-bond donors (Lipinski definition) is 1. The molecule has 0 aromatic carbocycles. The number of rotatable bonds is 3. The van der Waals surface area contributed by atoms with Gasteiger partial charge in [-0.1, -0.05) is 27.2 Å². The van der Waals surface area contributed by atoms with Gasteiger partial charge in [0.2, 0.25) is 0 Å². The van der Waals surface area contributed by atoms with Gasteiger partial charge >= 0.3 is 0 Å². The van der Waals surface area contributed by atoms with E-state index >= 15 is 0 Å². The first-order chi connectivity index (χ1) is 8.09. The second kappa shape index (κ2) is 5.71. The molecular formula is C15H29NO. The summed E-state index contributed by atoms with van der Waals surface area (Å²) >= 11 is 0. The minimum Gasteiger partial charge on any atom is -0.381 e. The maximum atomic E-state index is 5.47. The lowest BCUT2D eigenvalue weighted by atomic mass is 9.78. The molecule has 0 spiro atoms. The molecule has 0 amide bonds. The summed E-state index contributed by atoms with van der Waals surface area (Å²) in [7, 11) is 0. The predicted octanol–water partition coefficient (Wildman–Crippen LogP) is 3.22. The van der Waals surface area contributed by atoms with E-state index < -0.39 is 0 Å². The lowest BCUT2D eigenvalue weighted by Crippen LogP contribution is -2.45. The summed E-state index contributed by atoms with van der Waals surface area (Å²) in [5.41, 5.74) is 0.471. The van der Waals surface area contributed by atoms with Crippen molar-refractivity contribution in [3.63, 3.8) is 0 Å². The van der Waals surface area contributed by atoms with Crippen LogP contribution in [0.2, 0.25) is 0 Å². The Bertz CT molecular complexity index is 235. The molecule has 0 aromatic heterocycles. The molecule has 100 valence electrons. The van der Waals surface area contributed by atoms with Crippen molar-refractivity contribution in [3.8, 4) is 0 Å². The molecule has 17 heavy (non-hydrogen) atoms. The van der Waals surface area contributed by atoms with Gasteiger partial charge in [-0.2, -0.15) is 0 Å². The van der Waals surface area contributed by atoms with Crippen molar-refractivity contribution in [2.75, 3.05) is 19.8 Å². The van der Waals surface area contributed by atoms with Gasteiger partial charge in [0, 0.05) is 25.8 Å². The summed E-state index contributed by atoms with van der Waals surface area (Å²) < 4.78 is 5.47. The molecular weight excluding hydrogens is 210 g/mol. The van der Waals surface area contributed by atoms with Crippen molar-refractivity contribution in [2.45, 2.75) is 58.9 Å². The second-order valence-corrected chi connectivity index (χ2v) is 6.81. The first kappa shape index (κ1) is 13.4. The maximum Gasteiger partial charge on any atom is 0.0471 e. The summed E-state index contributed by atoms with van der Waals surface area (Å²) in [6.07, 6.45) is 6.63. The van der Waals surface area contributed by atoms with Gasteiger partial charge in [0.15, 0.2) is 0 Å². The Balaban J connectivity index is 1.79. The van der Waals surface area contributed by atoms with Crippen LogP contribution in [0.25, 0.3) is 0 Å². The molecule has 2 fully saturated rings. The van der Waals surface area contributed by atoms with E-state index in [1.807, 2.05) is 0 Å². The topological polar surface area (TPSA) is 21.3 Å². The highest BCUT2D eigenvalue weighted by Gasteiger charge is 2.30. The van der Waals surface area contributed by atoms with Crippen LogP contribution in [-0.4, -0.2) is 25.8 Å². The highest BCUT2D eigenvalue weighted by atomic mass is 16.5. The Labute approximate surface area is 107 Å². The standard InChI is InChI=1S/C15H29NO/c1-12-4-5-13(2)14(10-12)16-11-15(3)6-8-17-9-7-15/h12-14,16H,4-11H2,1-3H3. The van der Waals surface area contributed by atoms with Crippen LogP contribution in [0.4, 0.5) is 0 Å². The average molecular weight is 239 g/mol. The van der Waals surface area contributed by atoms with E-state index in [9.17, 15) is 0 Å². The minimum atomic E-state index is 0.471. The van der Waals surface area contributed by atoms with Crippen molar-refractivity contribution in [1.82, 2.24) is 5.32 Å². The van der Waals surface area contributed by atoms with E-state index in [1.165, 1.54) is 38.6 Å². The Morgan fingerprint density at radius 2 is 1.88 bits per heavy atom. The van der Waals surface area contributed by atoms with E-state index in [2.05, 4.69) is 26.1 Å². The molecule has 3 atom stereocenters. The second-order valence-electron chi connectivity index (χ2n) is 6.81. The molecule has 1 aliphatic carbocycles. The van der Waals surface area contributed by atoms with Crippen molar-refractivity contribution in [2.24, 2.45) is 17.3 Å². The summed E-state index contributed by atoms with van der Waals surface area (Å²) in [6, 6.07) is 0.749. The monoisotopic (exact) mass is 239 g/mol. The quantitative estimate of drug-likeness (QED) is 0.816. The van der Waals surface area contributed by atoms with Gasteiger partial charge in [0.25, 0.3) is 0 Å². The molecule has 1 heterocycles. The van der Waals surface area contributed by atoms with E-state index in [-0.39, 0.29) is 0 Å². The largest absolute Gasteiger partial charge is 0.381 e. The van der Waals surface area contributed by atoms with E-state index in [1.54, 1.807) is 0 Å². The highest BCUT2D eigenvalue weighted by molar-refractivity contribution is 4.86. The molecule has 2 nitrogen and oxygen atoms in total. The van der Waals surface area contributed by atoms with E-state index in [0.29, 0.717) is 5.41 Å². The lowest BCUT2D eigenvalue weighted by molar-refractivity contribution is 0.0207. The third-order valence-electron chi connectivity index (χ3n) is 4.95. The third kappa shape index (κ3) is 3.69. The molecule has 2 rings (SSSR count). The van der Waals surface area contributed by atoms with Crippen molar-refractivity contribution >= 4 is 0 Å². The molecule has 0 radical (unpaired) electrons. The first-order valence-corrected chi connectivity index (χ1v) is 7.40. The summed E-state index contributed by atoms with van der Waals surface area (Å²) in [4.78, 5) is 0. The Morgan fingerprint density at radius 1 is 1.18 bits per heavy atom. The molecule has 1 aliphatic heterocycles. The zero-order valence-corrected chi connectivity index (χ0v) is 11.8. The lowest BCUT2D eigenvalue weighted by Gasteiger charge is -2.39. The predicted molar refractivity (Wildman–Crippen MR) is 72.1 cm³/mol. The zero-order valence-electron chi connectivity index (χ0n) is 11.8. The summed E-state index contributed by atoms with van der Waals surface area (Å²) in [6.45, 7) is 10.3. The number of nitrogens with one attached hydrogen (secondary N) is 1. The molecule has 1 saturated carbocycles. The fraction of sp³-hybridized carbons (Fsp3) is 1.00. The van der Waals surface area contributed by atoms with Crippen molar-refractivity contribution < 1.29 is 4.74 Å². The Hall–Kier alpha value is -0.0800. The maximum absolute atomic E-state index is 5.47. The van der Waals surface area contributed by atoms with Crippen LogP contribution in [0.5, 0.6) is 0 Å². The molecule has 2 heteroatoms. The average Bonchev–Trinajstić information content (AvgIpc) is 2.31. The SMILES string of the molecule is CC1CCC(C)C(NCC2(C)CCOCC2)C1. The van der Waals surface area contributed by atoms with Crippen LogP contribution >= 0.6 is 0 Å². The van der Waals surface area contributed by atoms with Crippen LogP contribution in [-0.2, 0) is 4.74 Å². The number of hydrogen-bond acceptors (Lipinski definition) is 2. The van der Waals surface area contributed by atoms with Gasteiger partial charge in [-0.05, 0) is 42.9 Å². The van der Waals surface area contributed by atoms with Gasteiger partial charge in [0.1, 0.15) is 0 Å². The number of ether oxygens (including phenoxy) is 1. The van der Waals surface area contributed by atoms with Gasteiger partial charge in [-0.3, -0.25) is 0 Å². The highest BCUT2D eigenvalue weighted by Crippen LogP contribution is 2.32. The van der Waals surface area contributed by atoms with Crippen molar-refractivity contribution in [3.05, 3.63) is 0 Å². The van der Waals surface area contributed by atoms with E-state index in [4.69, 9.17) is 4.74 Å². The summed E-state index contributed by atoms with van der Waals surface area (Å²) in [5.74, 6) is 1.76. The van der Waals surface area contributed by atoms with E-state index in [0.717, 1.165) is 31.1 Å². The summed E-state index contributed by atoms with van der Waals surface area (Å²) in [5, 5.41) is 3.86. The molecule has 3 unspecified atom stereocenters. The Morgan fingerprint density at radius 3 is 2.59 bits per heavy atom. The fourth-order valence-electron chi connectivity index (χ4n) is 3.24. The Kier molecular flexibility index (Phi) is 4.48. The zero-order chi connectivity index (χ0) is 12.3. The van der Waals surface area contributed by atoms with Crippen LogP contribution in [0.3, 0.4) is 0 Å². The minimum absolute atomic E-state index is 0.471. The fourth-order valence-corrected chi connectivity index (χ4v) is 3.24. The van der Waals surface area contributed by atoms with Gasteiger partial charge < -0.3 is 10.1 Å².